The zero-order valence-electron chi connectivity index (χ0n) is 7.71. The van der Waals surface area contributed by atoms with Gasteiger partial charge < -0.3 is 0 Å². The fraction of sp³-hybridized carbons (Fsp3) is 1.00. The van der Waals surface area contributed by atoms with E-state index in [0.29, 0.717) is 0 Å². The molecule has 0 aliphatic heterocycles. The van der Waals surface area contributed by atoms with E-state index in [1.54, 1.807) is 38.5 Å². The van der Waals surface area contributed by atoms with Gasteiger partial charge in [-0.15, -0.1) is 0 Å². The third-order valence-corrected chi connectivity index (χ3v) is 5.61. The third kappa shape index (κ3) is 0.533. The molecule has 0 amide bonds. The molecule has 66 valence electrons. The molecule has 6 aliphatic rings. The summed E-state index contributed by atoms with van der Waals surface area (Å²) in [5.41, 5.74) is 0. The summed E-state index contributed by atoms with van der Waals surface area (Å²) in [5.74, 6) is 7.39. The summed E-state index contributed by atoms with van der Waals surface area (Å²) < 4.78 is 0. The molecule has 0 aromatic carbocycles. The van der Waals surface area contributed by atoms with Gasteiger partial charge >= 0.3 is 0 Å². The van der Waals surface area contributed by atoms with Crippen molar-refractivity contribution in [1.82, 2.24) is 0 Å². The third-order valence-electron chi connectivity index (χ3n) is 5.61. The van der Waals surface area contributed by atoms with E-state index < -0.39 is 0 Å². The van der Waals surface area contributed by atoms with Gasteiger partial charge in [0.15, 0.2) is 0 Å². The number of hydrogen-bond donors (Lipinski definition) is 0. The molecule has 0 radical (unpaired) electrons. The van der Waals surface area contributed by atoms with Gasteiger partial charge in [-0.25, -0.2) is 0 Å². The van der Waals surface area contributed by atoms with Crippen LogP contribution in [0, 0.1) is 35.5 Å². The zero-order chi connectivity index (χ0) is 7.71. The Bertz CT molecular complexity index is 208. The molecule has 6 atom stereocenters. The van der Waals surface area contributed by atoms with Crippen LogP contribution in [0.1, 0.15) is 38.5 Å². The predicted molar refractivity (Wildman–Crippen MR) is 48.6 cm³/mol. The van der Waals surface area contributed by atoms with Crippen LogP contribution in [0.15, 0.2) is 0 Å². The van der Waals surface area contributed by atoms with Gasteiger partial charge in [0.2, 0.25) is 0 Å². The van der Waals surface area contributed by atoms with Crippen LogP contribution in [0.5, 0.6) is 0 Å². The van der Waals surface area contributed by atoms with Crippen LogP contribution in [0.2, 0.25) is 0 Å². The molecule has 0 N–H and O–H groups in total. The minimum Gasteiger partial charge on any atom is -0.0530 e. The van der Waals surface area contributed by atoms with Crippen molar-refractivity contribution in [2.24, 2.45) is 35.5 Å². The van der Waals surface area contributed by atoms with E-state index in [-0.39, 0.29) is 0 Å². The van der Waals surface area contributed by atoms with Crippen molar-refractivity contribution in [2.75, 3.05) is 0 Å². The van der Waals surface area contributed by atoms with E-state index in [0.717, 1.165) is 0 Å². The average molecular weight is 162 g/mol. The Balaban J connectivity index is 1.72. The molecule has 0 nitrogen and oxygen atoms in total. The summed E-state index contributed by atoms with van der Waals surface area (Å²) in [6.45, 7) is 0. The lowest BCUT2D eigenvalue weighted by Gasteiger charge is -2.71. The number of rotatable bonds is 0. The van der Waals surface area contributed by atoms with Crippen molar-refractivity contribution >= 4 is 0 Å². The second-order valence-corrected chi connectivity index (χ2v) is 5.76. The van der Waals surface area contributed by atoms with Crippen molar-refractivity contribution in [3.63, 3.8) is 0 Å². The van der Waals surface area contributed by atoms with Gasteiger partial charge in [0.05, 0.1) is 0 Å². The average Bonchev–Trinajstić information content (AvgIpc) is 2.22. The Hall–Kier alpha value is 0. The lowest BCUT2D eigenvalue weighted by molar-refractivity contribution is -0.227. The van der Waals surface area contributed by atoms with E-state index in [1.165, 1.54) is 35.5 Å². The van der Waals surface area contributed by atoms with Crippen molar-refractivity contribution in [2.45, 2.75) is 38.5 Å². The van der Waals surface area contributed by atoms with E-state index in [4.69, 9.17) is 0 Å². The molecule has 0 heterocycles. The molecule has 0 aromatic heterocycles. The maximum atomic E-state index is 1.64. The van der Waals surface area contributed by atoms with Gasteiger partial charge in [-0.3, -0.25) is 0 Å². The molecule has 6 unspecified atom stereocenters. The highest BCUT2D eigenvalue weighted by atomic mass is 14.7. The lowest BCUT2D eigenvalue weighted by atomic mass is 9.34. The van der Waals surface area contributed by atoms with Gasteiger partial charge in [0, 0.05) is 0 Å². The first-order valence-corrected chi connectivity index (χ1v) is 5.95. The Labute approximate surface area is 74.7 Å². The van der Waals surface area contributed by atoms with Crippen LogP contribution >= 0.6 is 0 Å². The summed E-state index contributed by atoms with van der Waals surface area (Å²) in [6, 6.07) is 0. The molecule has 6 fully saturated rings. The first kappa shape index (κ1) is 6.45. The summed E-state index contributed by atoms with van der Waals surface area (Å²) in [6.07, 6.45) is 9.61. The second-order valence-electron chi connectivity index (χ2n) is 5.76. The summed E-state index contributed by atoms with van der Waals surface area (Å²) in [7, 11) is 0. The van der Waals surface area contributed by atoms with Crippen LogP contribution in [-0.2, 0) is 0 Å². The Kier molecular flexibility index (Phi) is 1.03. The highest BCUT2D eigenvalue weighted by Gasteiger charge is 2.66. The van der Waals surface area contributed by atoms with E-state index in [2.05, 4.69) is 0 Å². The van der Waals surface area contributed by atoms with Gasteiger partial charge in [0.25, 0.3) is 0 Å². The molecular weight excluding hydrogens is 144 g/mol. The molecular formula is C12H18. The lowest BCUT2D eigenvalue weighted by Crippen LogP contribution is -2.65. The van der Waals surface area contributed by atoms with Gasteiger partial charge in [-0.1, -0.05) is 19.3 Å². The molecule has 0 spiro atoms. The topological polar surface area (TPSA) is 0 Å². The van der Waals surface area contributed by atoms with Gasteiger partial charge in [0.1, 0.15) is 0 Å². The second kappa shape index (κ2) is 1.91. The van der Waals surface area contributed by atoms with Crippen LogP contribution in [0.3, 0.4) is 0 Å². The minimum absolute atomic E-state index is 1.20. The molecule has 0 heteroatoms. The zero-order valence-corrected chi connectivity index (χ0v) is 7.71. The van der Waals surface area contributed by atoms with Gasteiger partial charge in [-0.2, -0.15) is 0 Å². The van der Waals surface area contributed by atoms with E-state index >= 15 is 0 Å². The highest BCUT2D eigenvalue weighted by Crippen LogP contribution is 2.72. The minimum atomic E-state index is 1.20. The summed E-state index contributed by atoms with van der Waals surface area (Å²) in [5, 5.41) is 0. The monoisotopic (exact) mass is 162 g/mol. The summed E-state index contributed by atoms with van der Waals surface area (Å²) >= 11 is 0. The van der Waals surface area contributed by atoms with Gasteiger partial charge in [-0.05, 0) is 54.8 Å². The molecule has 6 rings (SSSR count). The molecule has 0 aromatic rings. The van der Waals surface area contributed by atoms with Crippen molar-refractivity contribution in [3.8, 4) is 0 Å². The Morgan fingerprint density at radius 3 is 2.42 bits per heavy atom. The highest BCUT2D eigenvalue weighted by molar-refractivity contribution is 5.14. The number of hydrogen-bond acceptors (Lipinski definition) is 0. The van der Waals surface area contributed by atoms with Crippen LogP contribution < -0.4 is 0 Å². The van der Waals surface area contributed by atoms with Crippen molar-refractivity contribution in [1.29, 1.82) is 0 Å². The Morgan fingerprint density at radius 1 is 0.667 bits per heavy atom. The van der Waals surface area contributed by atoms with E-state index in [1.807, 2.05) is 0 Å². The molecule has 6 saturated carbocycles. The Morgan fingerprint density at radius 2 is 1.50 bits per heavy atom. The van der Waals surface area contributed by atoms with Crippen molar-refractivity contribution < 1.29 is 0 Å². The smallest absolute Gasteiger partial charge is 0.0323 e. The fourth-order valence-corrected chi connectivity index (χ4v) is 5.31. The largest absolute Gasteiger partial charge is 0.0530 e. The molecule has 12 heavy (non-hydrogen) atoms. The molecule has 6 bridgehead atoms. The van der Waals surface area contributed by atoms with Crippen LogP contribution in [-0.4, -0.2) is 0 Å². The normalized spacial score (nSPS) is 66.0. The predicted octanol–water partition coefficient (Wildman–Crippen LogP) is 3.08. The maximum Gasteiger partial charge on any atom is -0.0323 e. The quantitative estimate of drug-likeness (QED) is 0.513. The molecule has 6 aliphatic carbocycles. The van der Waals surface area contributed by atoms with Crippen LogP contribution in [0.4, 0.5) is 0 Å². The summed E-state index contributed by atoms with van der Waals surface area (Å²) in [4.78, 5) is 0. The standard InChI is InChI=1S/C12H18/c1-2-4-9-11-7(3-1)5-8-6-10(11)12(8)9/h7-12H,1-6H2. The van der Waals surface area contributed by atoms with Crippen LogP contribution in [0.25, 0.3) is 0 Å². The first-order valence-electron chi connectivity index (χ1n) is 5.95. The van der Waals surface area contributed by atoms with Crippen molar-refractivity contribution in [3.05, 3.63) is 0 Å². The first-order chi connectivity index (χ1) is 5.95. The SMILES string of the molecule is C1CCC2C3C(C1)CC1CC3C12. The maximum absolute atomic E-state index is 1.64. The van der Waals surface area contributed by atoms with E-state index in [9.17, 15) is 0 Å². The fourth-order valence-electron chi connectivity index (χ4n) is 5.31. The molecule has 0 saturated heterocycles.